The van der Waals surface area contributed by atoms with E-state index in [1.165, 1.54) is 24.3 Å². The van der Waals surface area contributed by atoms with Crippen LogP contribution in [0.1, 0.15) is 35.7 Å². The maximum absolute atomic E-state index is 13.7. The second kappa shape index (κ2) is 9.64. The third kappa shape index (κ3) is 4.76. The van der Waals surface area contributed by atoms with Gasteiger partial charge in [0.05, 0.1) is 5.56 Å². The first-order valence-electron chi connectivity index (χ1n) is 11.6. The minimum atomic E-state index is -0.255. The molecule has 1 saturated heterocycles. The smallest absolute Gasteiger partial charge is 0.199 e. The molecule has 0 amide bonds. The molecule has 7 nitrogen and oxygen atoms in total. The van der Waals surface area contributed by atoms with Crippen molar-refractivity contribution in [1.29, 1.82) is 0 Å². The predicted octanol–water partition coefficient (Wildman–Crippen LogP) is 5.17. The third-order valence-corrected chi connectivity index (χ3v) is 6.29. The van der Waals surface area contributed by atoms with E-state index in [-0.39, 0.29) is 23.4 Å². The number of carbonyl (C=O) groups excluding carboxylic acids is 1. The van der Waals surface area contributed by atoms with Crippen LogP contribution >= 0.6 is 0 Å². The lowest BCUT2D eigenvalue weighted by Gasteiger charge is -2.21. The van der Waals surface area contributed by atoms with Gasteiger partial charge in [-0.2, -0.15) is 0 Å². The molecule has 1 aliphatic heterocycles. The average Bonchev–Trinajstić information content (AvgIpc) is 3.56. The molecule has 1 aromatic heterocycles. The van der Waals surface area contributed by atoms with Gasteiger partial charge in [0.2, 0.25) is 0 Å². The molecule has 3 N–H and O–H groups in total. The molecule has 2 atom stereocenters. The summed E-state index contributed by atoms with van der Waals surface area (Å²) in [7, 11) is 0. The monoisotopic (exact) mass is 470 g/mol. The molecule has 1 aliphatic rings. The summed E-state index contributed by atoms with van der Waals surface area (Å²) in [6.07, 6.45) is 2.27. The van der Waals surface area contributed by atoms with E-state index >= 15 is 0 Å². The van der Waals surface area contributed by atoms with E-state index in [0.717, 1.165) is 19.4 Å². The molecule has 178 valence electrons. The summed E-state index contributed by atoms with van der Waals surface area (Å²) >= 11 is 0. The Kier molecular flexibility index (Phi) is 6.25. The van der Waals surface area contributed by atoms with Gasteiger partial charge >= 0.3 is 0 Å². The molecule has 35 heavy (non-hydrogen) atoms. The number of ether oxygens (including phenoxy) is 1. The van der Waals surface area contributed by atoms with Crippen molar-refractivity contribution in [1.82, 2.24) is 10.5 Å². The number of phenolic OH excluding ortho intramolecular Hbond substituents is 2. The van der Waals surface area contributed by atoms with Gasteiger partial charge in [0.25, 0.3) is 0 Å². The molecule has 0 radical (unpaired) electrons. The van der Waals surface area contributed by atoms with Crippen LogP contribution in [0.4, 0.5) is 0 Å². The van der Waals surface area contributed by atoms with Gasteiger partial charge in [-0.15, -0.1) is 0 Å². The Morgan fingerprint density at radius 2 is 1.60 bits per heavy atom. The molecule has 0 bridgehead atoms. The quantitative estimate of drug-likeness (QED) is 0.320. The Morgan fingerprint density at radius 3 is 2.20 bits per heavy atom. The first kappa shape index (κ1) is 22.7. The number of ketones is 1. The van der Waals surface area contributed by atoms with Gasteiger partial charge in [0.15, 0.2) is 11.5 Å². The number of hydrogen-bond acceptors (Lipinski definition) is 7. The molecular weight excluding hydrogens is 444 g/mol. The van der Waals surface area contributed by atoms with Crippen molar-refractivity contribution in [2.45, 2.75) is 31.9 Å². The first-order valence-corrected chi connectivity index (χ1v) is 11.6. The number of rotatable bonds is 7. The number of phenols is 2. The van der Waals surface area contributed by atoms with E-state index in [0.29, 0.717) is 45.5 Å². The fourth-order valence-corrected chi connectivity index (χ4v) is 4.37. The third-order valence-electron chi connectivity index (χ3n) is 6.29. The van der Waals surface area contributed by atoms with Crippen LogP contribution in [0.5, 0.6) is 17.2 Å². The standard InChI is InChI=1S/C28H26N2O5/c1-17(24-3-2-16-29-24)34-23-14-8-19(9-15-23)27(33)25-26(18-4-10-21(31)11-5-18)30-35-28(25)20-6-12-22(32)13-7-20/h4-15,17,24,29,31-32H,2-3,16H2,1H3. The number of aromatic nitrogens is 1. The topological polar surface area (TPSA) is 105 Å². The van der Waals surface area contributed by atoms with Crippen LogP contribution in [0.2, 0.25) is 0 Å². The zero-order chi connectivity index (χ0) is 24.4. The largest absolute Gasteiger partial charge is 0.508 e. The molecule has 7 heteroatoms. The molecule has 2 unspecified atom stereocenters. The molecule has 2 heterocycles. The second-order valence-corrected chi connectivity index (χ2v) is 8.71. The lowest BCUT2D eigenvalue weighted by Crippen LogP contribution is -2.36. The summed E-state index contributed by atoms with van der Waals surface area (Å²) in [6, 6.07) is 20.2. The van der Waals surface area contributed by atoms with Gasteiger partial charge in [-0.05, 0) is 99.1 Å². The van der Waals surface area contributed by atoms with Gasteiger partial charge < -0.3 is 24.8 Å². The molecular formula is C28H26N2O5. The number of nitrogens with one attached hydrogen (secondary N) is 1. The van der Waals surface area contributed by atoms with Gasteiger partial charge in [-0.1, -0.05) is 5.16 Å². The van der Waals surface area contributed by atoms with Gasteiger partial charge in [0, 0.05) is 22.7 Å². The summed E-state index contributed by atoms with van der Waals surface area (Å²) in [5.41, 5.74) is 2.39. The van der Waals surface area contributed by atoms with E-state index in [2.05, 4.69) is 10.5 Å². The summed E-state index contributed by atoms with van der Waals surface area (Å²) in [5.74, 6) is 0.971. The van der Waals surface area contributed by atoms with Crippen LogP contribution in [0.25, 0.3) is 22.6 Å². The van der Waals surface area contributed by atoms with Crippen molar-refractivity contribution < 1.29 is 24.3 Å². The Hall–Kier alpha value is -4.10. The zero-order valence-electron chi connectivity index (χ0n) is 19.3. The fraction of sp³-hybridized carbons (Fsp3) is 0.214. The van der Waals surface area contributed by atoms with Gasteiger partial charge in [-0.25, -0.2) is 0 Å². The van der Waals surface area contributed by atoms with Gasteiger partial charge in [0.1, 0.15) is 29.0 Å². The summed E-state index contributed by atoms with van der Waals surface area (Å²) in [4.78, 5) is 13.7. The molecule has 0 aliphatic carbocycles. The predicted molar refractivity (Wildman–Crippen MR) is 132 cm³/mol. The van der Waals surface area contributed by atoms with Crippen LogP contribution in [-0.4, -0.2) is 39.8 Å². The van der Waals surface area contributed by atoms with Crippen LogP contribution in [-0.2, 0) is 0 Å². The average molecular weight is 471 g/mol. The molecule has 4 aromatic rings. The first-order chi connectivity index (χ1) is 17.0. The highest BCUT2D eigenvalue weighted by atomic mass is 16.5. The highest BCUT2D eigenvalue weighted by Gasteiger charge is 2.27. The Morgan fingerprint density at radius 1 is 0.971 bits per heavy atom. The minimum absolute atomic E-state index is 0.0272. The maximum Gasteiger partial charge on any atom is 0.199 e. The Bertz CT molecular complexity index is 1240. The maximum atomic E-state index is 13.7. The van der Waals surface area contributed by atoms with Crippen molar-refractivity contribution in [3.8, 4) is 39.8 Å². The molecule has 0 spiro atoms. The van der Waals surface area contributed by atoms with Crippen LogP contribution in [0.3, 0.4) is 0 Å². The van der Waals surface area contributed by atoms with E-state index in [4.69, 9.17) is 9.26 Å². The Balaban J connectivity index is 1.48. The number of nitrogens with zero attached hydrogens (tertiary/aromatic N) is 1. The van der Waals surface area contributed by atoms with E-state index in [9.17, 15) is 15.0 Å². The van der Waals surface area contributed by atoms with E-state index in [1.807, 2.05) is 6.92 Å². The van der Waals surface area contributed by atoms with Crippen molar-refractivity contribution in [3.63, 3.8) is 0 Å². The van der Waals surface area contributed by atoms with Crippen molar-refractivity contribution in [2.24, 2.45) is 0 Å². The number of aromatic hydroxyl groups is 2. The number of carbonyl (C=O) groups is 1. The summed E-state index contributed by atoms with van der Waals surface area (Å²) < 4.78 is 11.7. The summed E-state index contributed by atoms with van der Waals surface area (Å²) in [5, 5.41) is 27.0. The van der Waals surface area contributed by atoms with E-state index in [1.54, 1.807) is 48.5 Å². The second-order valence-electron chi connectivity index (χ2n) is 8.71. The van der Waals surface area contributed by atoms with Crippen LogP contribution in [0.15, 0.2) is 77.3 Å². The van der Waals surface area contributed by atoms with Crippen LogP contribution in [0, 0.1) is 0 Å². The van der Waals surface area contributed by atoms with Crippen molar-refractivity contribution in [2.75, 3.05) is 6.54 Å². The van der Waals surface area contributed by atoms with Crippen LogP contribution < -0.4 is 10.1 Å². The molecule has 0 saturated carbocycles. The summed E-state index contributed by atoms with van der Waals surface area (Å²) in [6.45, 7) is 3.06. The fourth-order valence-electron chi connectivity index (χ4n) is 4.37. The lowest BCUT2D eigenvalue weighted by atomic mass is 9.95. The number of benzene rings is 3. The van der Waals surface area contributed by atoms with Crippen molar-refractivity contribution >= 4 is 5.78 Å². The normalized spacial score (nSPS) is 16.2. The highest BCUT2D eigenvalue weighted by molar-refractivity contribution is 6.15. The molecule has 5 rings (SSSR count). The Labute approximate surface area is 203 Å². The van der Waals surface area contributed by atoms with E-state index < -0.39 is 0 Å². The highest BCUT2D eigenvalue weighted by Crippen LogP contribution is 2.35. The van der Waals surface area contributed by atoms with Gasteiger partial charge in [-0.3, -0.25) is 4.79 Å². The number of hydrogen-bond donors (Lipinski definition) is 3. The molecule has 1 fully saturated rings. The molecule has 3 aromatic carbocycles. The minimum Gasteiger partial charge on any atom is -0.508 e. The lowest BCUT2D eigenvalue weighted by molar-refractivity contribution is 0.103. The SMILES string of the molecule is CC(Oc1ccc(C(=O)c2c(-c3ccc(O)cc3)noc2-c2ccc(O)cc2)cc1)C1CCCN1. The van der Waals surface area contributed by atoms with Crippen molar-refractivity contribution in [3.05, 3.63) is 83.9 Å². The zero-order valence-corrected chi connectivity index (χ0v) is 19.3.